The Morgan fingerprint density at radius 1 is 1.25 bits per heavy atom. The number of hydrogen-bond donors (Lipinski definition) is 2. The maximum absolute atomic E-state index is 11.8. The molecule has 1 aromatic carbocycles. The Labute approximate surface area is 90.4 Å². The maximum atomic E-state index is 11.8. The van der Waals surface area contributed by atoms with Gasteiger partial charge in [0.15, 0.2) is 0 Å². The van der Waals surface area contributed by atoms with Crippen LogP contribution in [0.2, 0.25) is 0 Å². The van der Waals surface area contributed by atoms with Crippen LogP contribution in [0, 0.1) is 0 Å². The molecule has 3 nitrogen and oxygen atoms in total. The summed E-state index contributed by atoms with van der Waals surface area (Å²) in [6.07, 6.45) is -4.22. The van der Waals surface area contributed by atoms with E-state index in [1.807, 2.05) is 0 Å². The summed E-state index contributed by atoms with van der Waals surface area (Å²) in [7, 11) is 0. The lowest BCUT2D eigenvalue weighted by Gasteiger charge is -2.08. The smallest absolute Gasteiger partial charge is 0.366 e. The van der Waals surface area contributed by atoms with Crippen molar-refractivity contribution in [3.8, 4) is 0 Å². The minimum absolute atomic E-state index is 0.0958. The summed E-state index contributed by atoms with van der Waals surface area (Å²) in [6.45, 7) is -0.941. The predicted octanol–water partition coefficient (Wildman–Crippen LogP) is 1.44. The van der Waals surface area contributed by atoms with Crippen LogP contribution in [0.1, 0.15) is 15.9 Å². The molecule has 0 saturated carbocycles. The molecule has 88 valence electrons. The van der Waals surface area contributed by atoms with Gasteiger partial charge >= 0.3 is 6.18 Å². The van der Waals surface area contributed by atoms with Crippen molar-refractivity contribution in [1.29, 1.82) is 0 Å². The Morgan fingerprint density at radius 3 is 2.25 bits per heavy atom. The van der Waals surface area contributed by atoms with Gasteiger partial charge in [-0.15, -0.1) is 0 Å². The first kappa shape index (κ1) is 12.5. The molecular formula is C10H11F3N2O. The standard InChI is InChI=1S/C10H11F3N2O/c11-10(12,13)6-15-5-7-1-3-8(4-2-7)9(14)16/h1-4,15H,5-6H2,(H2,14,16). The average Bonchev–Trinajstić information content (AvgIpc) is 2.16. The number of hydrogen-bond acceptors (Lipinski definition) is 2. The molecule has 1 amide bonds. The van der Waals surface area contributed by atoms with E-state index in [2.05, 4.69) is 5.32 Å². The molecule has 0 aliphatic carbocycles. The summed E-state index contributed by atoms with van der Waals surface area (Å²) in [5, 5.41) is 2.25. The van der Waals surface area contributed by atoms with Crippen molar-refractivity contribution < 1.29 is 18.0 Å². The second kappa shape index (κ2) is 4.98. The van der Waals surface area contributed by atoms with Crippen molar-refractivity contribution in [2.75, 3.05) is 6.54 Å². The summed E-state index contributed by atoms with van der Waals surface area (Å²) < 4.78 is 35.4. The molecule has 0 spiro atoms. The highest BCUT2D eigenvalue weighted by atomic mass is 19.4. The van der Waals surface area contributed by atoms with Crippen molar-refractivity contribution in [2.45, 2.75) is 12.7 Å². The highest BCUT2D eigenvalue weighted by Gasteiger charge is 2.25. The third-order valence-corrected chi connectivity index (χ3v) is 1.89. The van der Waals surface area contributed by atoms with Gasteiger partial charge in [0.05, 0.1) is 6.54 Å². The Balaban J connectivity index is 2.47. The van der Waals surface area contributed by atoms with Crippen LogP contribution in [0.25, 0.3) is 0 Å². The van der Waals surface area contributed by atoms with E-state index < -0.39 is 18.6 Å². The highest BCUT2D eigenvalue weighted by Crippen LogP contribution is 2.12. The zero-order valence-corrected chi connectivity index (χ0v) is 8.34. The number of nitrogens with two attached hydrogens (primary N) is 1. The molecule has 0 aliphatic rings. The average molecular weight is 232 g/mol. The number of amides is 1. The molecule has 0 aromatic heterocycles. The summed E-state index contributed by atoms with van der Waals surface area (Å²) in [5.74, 6) is -0.560. The largest absolute Gasteiger partial charge is 0.401 e. The van der Waals surface area contributed by atoms with Crippen molar-refractivity contribution >= 4 is 5.91 Å². The fourth-order valence-corrected chi connectivity index (χ4v) is 1.14. The van der Waals surface area contributed by atoms with E-state index in [0.717, 1.165) is 0 Å². The summed E-state index contributed by atoms with van der Waals surface area (Å²) in [6, 6.07) is 6.08. The van der Waals surface area contributed by atoms with E-state index in [9.17, 15) is 18.0 Å². The zero-order valence-electron chi connectivity index (χ0n) is 8.34. The summed E-state index contributed by atoms with van der Waals surface area (Å²) >= 11 is 0. The minimum Gasteiger partial charge on any atom is -0.366 e. The highest BCUT2D eigenvalue weighted by molar-refractivity contribution is 5.92. The molecule has 3 N–H and O–H groups in total. The van der Waals surface area contributed by atoms with Crippen LogP contribution in [0.15, 0.2) is 24.3 Å². The fourth-order valence-electron chi connectivity index (χ4n) is 1.14. The SMILES string of the molecule is NC(=O)c1ccc(CNCC(F)(F)F)cc1. The second-order valence-corrected chi connectivity index (χ2v) is 3.28. The number of halogens is 3. The van der Waals surface area contributed by atoms with Crippen molar-refractivity contribution in [3.05, 3.63) is 35.4 Å². The van der Waals surface area contributed by atoms with Gasteiger partial charge < -0.3 is 11.1 Å². The first-order valence-corrected chi connectivity index (χ1v) is 4.55. The number of alkyl halides is 3. The van der Waals surface area contributed by atoms with Crippen molar-refractivity contribution in [3.63, 3.8) is 0 Å². The van der Waals surface area contributed by atoms with Crippen LogP contribution in [-0.4, -0.2) is 18.6 Å². The number of benzene rings is 1. The lowest BCUT2D eigenvalue weighted by Crippen LogP contribution is -2.28. The van der Waals surface area contributed by atoms with Gasteiger partial charge in [0.25, 0.3) is 0 Å². The maximum Gasteiger partial charge on any atom is 0.401 e. The number of carbonyl (C=O) groups excluding carboxylic acids is 1. The number of primary amides is 1. The molecule has 0 unspecified atom stereocenters. The van der Waals surface area contributed by atoms with Gasteiger partial charge in [-0.3, -0.25) is 4.79 Å². The Kier molecular flexibility index (Phi) is 3.89. The number of rotatable bonds is 4. The molecule has 0 fully saturated rings. The fraction of sp³-hybridized carbons (Fsp3) is 0.300. The van der Waals surface area contributed by atoms with Crippen LogP contribution < -0.4 is 11.1 Å². The van der Waals surface area contributed by atoms with E-state index in [4.69, 9.17) is 5.73 Å². The Bertz CT molecular complexity index is 359. The number of carbonyl (C=O) groups is 1. The van der Waals surface area contributed by atoms with Gasteiger partial charge in [0, 0.05) is 12.1 Å². The Hall–Kier alpha value is -1.56. The van der Waals surface area contributed by atoms with Crippen molar-refractivity contribution in [1.82, 2.24) is 5.32 Å². The van der Waals surface area contributed by atoms with Gasteiger partial charge in [-0.05, 0) is 17.7 Å². The molecule has 0 radical (unpaired) electrons. The van der Waals surface area contributed by atoms with Crippen LogP contribution in [0.3, 0.4) is 0 Å². The first-order valence-electron chi connectivity index (χ1n) is 4.55. The molecule has 6 heteroatoms. The molecule has 1 rings (SSSR count). The summed E-state index contributed by atoms with van der Waals surface area (Å²) in [4.78, 5) is 10.7. The van der Waals surface area contributed by atoms with Gasteiger partial charge in [0.1, 0.15) is 0 Å². The van der Waals surface area contributed by atoms with E-state index in [1.54, 1.807) is 12.1 Å². The van der Waals surface area contributed by atoms with Gasteiger partial charge in [0.2, 0.25) is 5.91 Å². The lowest BCUT2D eigenvalue weighted by molar-refractivity contribution is -0.125. The quantitative estimate of drug-likeness (QED) is 0.825. The topological polar surface area (TPSA) is 55.1 Å². The van der Waals surface area contributed by atoms with E-state index in [-0.39, 0.29) is 6.54 Å². The van der Waals surface area contributed by atoms with Gasteiger partial charge in [-0.25, -0.2) is 0 Å². The molecule has 16 heavy (non-hydrogen) atoms. The van der Waals surface area contributed by atoms with E-state index >= 15 is 0 Å². The van der Waals surface area contributed by atoms with Crippen molar-refractivity contribution in [2.24, 2.45) is 5.73 Å². The van der Waals surface area contributed by atoms with Gasteiger partial charge in [-0.2, -0.15) is 13.2 Å². The van der Waals surface area contributed by atoms with Crippen LogP contribution in [0.5, 0.6) is 0 Å². The summed E-state index contributed by atoms with van der Waals surface area (Å²) in [5.41, 5.74) is 6.01. The molecule has 0 aliphatic heterocycles. The molecule has 1 aromatic rings. The monoisotopic (exact) mass is 232 g/mol. The molecule has 0 atom stereocenters. The minimum atomic E-state index is -4.22. The zero-order chi connectivity index (χ0) is 12.2. The lowest BCUT2D eigenvalue weighted by atomic mass is 10.1. The first-order chi connectivity index (χ1) is 7.38. The number of nitrogens with one attached hydrogen (secondary N) is 1. The predicted molar refractivity (Wildman–Crippen MR) is 52.7 cm³/mol. The van der Waals surface area contributed by atoms with Crippen LogP contribution in [-0.2, 0) is 6.54 Å². The Morgan fingerprint density at radius 2 is 1.81 bits per heavy atom. The molecule has 0 saturated heterocycles. The van der Waals surface area contributed by atoms with E-state index in [1.165, 1.54) is 12.1 Å². The van der Waals surface area contributed by atoms with Gasteiger partial charge in [-0.1, -0.05) is 12.1 Å². The molecule has 0 bridgehead atoms. The molecule has 0 heterocycles. The normalized spacial score (nSPS) is 11.4. The van der Waals surface area contributed by atoms with E-state index in [0.29, 0.717) is 11.1 Å². The third-order valence-electron chi connectivity index (χ3n) is 1.89. The second-order valence-electron chi connectivity index (χ2n) is 3.28. The molecular weight excluding hydrogens is 221 g/mol. The van der Waals surface area contributed by atoms with Crippen LogP contribution >= 0.6 is 0 Å². The van der Waals surface area contributed by atoms with Crippen LogP contribution in [0.4, 0.5) is 13.2 Å². The third kappa shape index (κ3) is 4.31.